The summed E-state index contributed by atoms with van der Waals surface area (Å²) in [5, 5.41) is 9.57. The summed E-state index contributed by atoms with van der Waals surface area (Å²) in [4.78, 5) is 85.3. The molecule has 796 valence electrons. The number of cyclic esters (lactones) is 2. The van der Waals surface area contributed by atoms with Crippen LogP contribution in [-0.4, -0.2) is 269 Å². The molecule has 3 saturated carbocycles. The van der Waals surface area contributed by atoms with Crippen molar-refractivity contribution in [1.29, 1.82) is 5.26 Å². The molecule has 37 atom stereocenters. The number of hydrogen-bond acceptors (Lipinski definition) is 28. The maximum Gasteiger partial charge on any atom is 0.434 e. The third kappa shape index (κ3) is 26.5. The number of ether oxygens (including phenoxy) is 19. The number of halogens is 6. The number of benzene rings is 2. The monoisotopic (exact) mass is 2020 g/mol. The largest absolute Gasteiger partial charge is 0.462 e. The van der Waals surface area contributed by atoms with E-state index in [1.807, 2.05) is 33.8 Å². The van der Waals surface area contributed by atoms with E-state index in [2.05, 4.69) is 108 Å². The SMILES string of the molecule is CC1(C)C(/C=C\C(=O)OC(C(F)(F)F)C(F)(F)F)C1C(=O)OC(C#N)c1cccc(Oc2ccccc2)c1.CC[C@H]1CCC[C@H](O[C@H]2CC[C@H](N(C)C)[C@@H](C)O2)[C@@H](C)C(=O)C2=C[C@@H]3[C@@H](C=C(C)[C@@H]4C[C@@H](O[C@@H]5O[C@@H](C)[C@H](OC)[C@@H](OC)[C@H]5OC)C[C@@H]34)[C@@H]2CC(=O)O1.CC[C@H]1CCC[C@H](O[C@H]2CC[C@H](N(C)C)[C@@H](C)O2)[C@@H](C)C(=O)C2=C[C@@H]3[C@@H](C=C[C@@H]4C[C@@H](O[C@@H]5O[C@@H](C)[C@H](OC)[C@@H](OC)[C@H]5OC)C[C@@H]34)[C@@H]2CC(=O)O1. The van der Waals surface area contributed by atoms with Gasteiger partial charge in [-0.3, -0.25) is 24.0 Å². The lowest BCUT2D eigenvalue weighted by Gasteiger charge is -2.44. The number of likely N-dealkylation sites (N-methyl/N-ethyl adjacent to an activating group) is 2. The Labute approximate surface area is 838 Å². The second kappa shape index (κ2) is 49.4. The molecule has 0 radical (unpaired) electrons. The van der Waals surface area contributed by atoms with Crippen molar-refractivity contribution in [3.05, 3.63) is 119 Å². The number of fused-ring (bicyclic) bond motifs is 10. The number of alkyl halides is 6. The third-order valence-electron chi connectivity index (χ3n) is 32.8. The van der Waals surface area contributed by atoms with Crippen LogP contribution in [-0.2, 0) is 114 Å². The first kappa shape index (κ1) is 113. The fraction of sp³-hybridized carbons (Fsp3) is 0.734. The van der Waals surface area contributed by atoms with Crippen molar-refractivity contribution < 1.29 is 145 Å². The number of para-hydroxylation sites is 1. The summed E-state index contributed by atoms with van der Waals surface area (Å²) in [5.74, 6) is -3.42. The molecule has 7 aliphatic carbocycles. The van der Waals surface area contributed by atoms with Crippen molar-refractivity contribution in [3.8, 4) is 17.6 Å². The fourth-order valence-corrected chi connectivity index (χ4v) is 25.0. The molecule has 6 saturated heterocycles. The van der Waals surface area contributed by atoms with E-state index >= 15 is 0 Å². The van der Waals surface area contributed by atoms with Crippen LogP contribution >= 0.6 is 0 Å². The third-order valence-corrected chi connectivity index (χ3v) is 32.8. The van der Waals surface area contributed by atoms with Gasteiger partial charge in [-0.2, -0.15) is 31.6 Å². The summed E-state index contributed by atoms with van der Waals surface area (Å²) in [6.45, 7) is 21.7. The highest BCUT2D eigenvalue weighted by atomic mass is 19.4. The Morgan fingerprint density at radius 1 is 0.524 bits per heavy atom. The van der Waals surface area contributed by atoms with Gasteiger partial charge in [0.1, 0.15) is 66.4 Å². The molecular formula is C109H153F6N3O25. The fourth-order valence-electron chi connectivity index (χ4n) is 25.0. The minimum Gasteiger partial charge on any atom is -0.462 e. The van der Waals surface area contributed by atoms with Crippen LogP contribution < -0.4 is 4.74 Å². The molecular weight excluding hydrogens is 1870 g/mol. The van der Waals surface area contributed by atoms with Crippen LogP contribution in [0.2, 0.25) is 0 Å². The molecule has 143 heavy (non-hydrogen) atoms. The van der Waals surface area contributed by atoms with E-state index in [0.29, 0.717) is 59.9 Å². The smallest absolute Gasteiger partial charge is 0.434 e. The summed E-state index contributed by atoms with van der Waals surface area (Å²) >= 11 is 0. The van der Waals surface area contributed by atoms with Gasteiger partial charge in [0, 0.05) is 90.1 Å². The van der Waals surface area contributed by atoms with Gasteiger partial charge >= 0.3 is 36.2 Å². The van der Waals surface area contributed by atoms with E-state index in [1.165, 1.54) is 11.6 Å². The molecule has 0 N–H and O–H groups in total. The quantitative estimate of drug-likeness (QED) is 0.0278. The van der Waals surface area contributed by atoms with E-state index in [0.717, 1.165) is 107 Å². The van der Waals surface area contributed by atoms with E-state index in [9.17, 15) is 60.4 Å². The number of methoxy groups -OCH3 is 6. The van der Waals surface area contributed by atoms with Crippen molar-refractivity contribution >= 4 is 35.4 Å². The Hall–Kier alpha value is -7.41. The second-order valence-corrected chi connectivity index (χ2v) is 42.5. The summed E-state index contributed by atoms with van der Waals surface area (Å²) < 4.78 is 189. The molecule has 0 amide bonds. The minimum atomic E-state index is -5.84. The lowest BCUT2D eigenvalue weighted by molar-refractivity contribution is -0.314. The molecule has 2 aromatic rings. The van der Waals surface area contributed by atoms with E-state index < -0.39 is 78.5 Å². The number of rotatable bonds is 26. The van der Waals surface area contributed by atoms with Crippen LogP contribution in [0.5, 0.6) is 11.5 Å². The zero-order valence-corrected chi connectivity index (χ0v) is 86.7. The van der Waals surface area contributed by atoms with E-state index in [-0.39, 0.29) is 194 Å². The van der Waals surface area contributed by atoms with Crippen LogP contribution in [0.4, 0.5) is 26.3 Å². The standard InChI is InChI=1S/C42H67NO10.C41H65NO10.C26H21F6NO5/c1-11-26-13-12-14-35(53-37-16-15-34(43(6)7)24(4)49-37)23(3)38(45)33-20-31-29(32(33)21-36(44)51-26)17-22(2)28-18-27(19-30(28)31)52-42-41(48-10)40(47-9)39(46-8)25(5)50-42;1-10-26-12-11-13-34(52-36-17-16-33(42(5)6)23(3)48-36)22(2)37(44)32-20-30-28(31(32)21-35(43)50-26)15-14-25-18-27(19-29(25)30)51-41-40(47-9)39(46-8)38(45-7)24(4)49-41;1-24(2)18(11-12-20(34)38-23(25(27,28)29)26(30,31)32)21(24)22(35)37-19(14-33)15-7-6-10-17(13-15)36-16-8-4-3-5-9-16/h17,20,23-32,34-35,37,39-42H,11-16,18-19,21H2,1-10H3;14-15,20,22-31,33-34,36,38-41H,10-13,16-19,21H2,1-9H3;3-13,18-19,21,23H,1-2H3/b;;12-11-/t23-,24-,25+,26+,27-,28+,29-,30-,31-,32+,34+,35+,37+,39+,40-,41-,42+;22-,23-,24+,25-,26+,27-,28-,29-,30-,31+,33+,34+,36+,38+,39-,40-,41+;/m11./s1. The molecule has 3 unspecified atom stereocenters. The highest BCUT2D eigenvalue weighted by molar-refractivity contribution is 6.00. The topological polar surface area (TPSA) is 308 Å². The normalized spacial score (nSPS) is 38.6. The first-order chi connectivity index (χ1) is 68.0. The summed E-state index contributed by atoms with van der Waals surface area (Å²) in [6, 6.07) is 17.6. The second-order valence-electron chi connectivity index (χ2n) is 42.5. The number of hydrogen-bond donors (Lipinski definition) is 0. The van der Waals surface area contributed by atoms with Gasteiger partial charge in [0.2, 0.25) is 6.10 Å². The molecule has 0 bridgehead atoms. The average Bonchev–Trinajstić information content (AvgIpc) is 1.57. The van der Waals surface area contributed by atoms with Crippen molar-refractivity contribution in [3.63, 3.8) is 0 Å². The number of carbonyl (C=O) groups is 6. The number of ketones is 2. The predicted molar refractivity (Wildman–Crippen MR) is 512 cm³/mol. The first-order valence-electron chi connectivity index (χ1n) is 51.5. The van der Waals surface area contributed by atoms with Crippen LogP contribution in [0.25, 0.3) is 0 Å². The van der Waals surface area contributed by atoms with Crippen molar-refractivity contribution in [2.45, 2.75) is 351 Å². The number of Topliss-reactive ketones (excluding diaryl/α,β-unsaturated/α-hetero) is 2. The summed E-state index contributed by atoms with van der Waals surface area (Å²) in [5.41, 5.74) is 2.30. The Morgan fingerprint density at radius 3 is 1.47 bits per heavy atom. The number of esters is 4. The minimum absolute atomic E-state index is 0.0364. The van der Waals surface area contributed by atoms with Crippen LogP contribution in [0.3, 0.4) is 0 Å². The lowest BCUT2D eigenvalue weighted by Crippen LogP contribution is -2.59. The molecule has 13 aliphatic rings. The molecule has 6 heterocycles. The number of nitriles is 1. The zero-order chi connectivity index (χ0) is 104. The van der Waals surface area contributed by atoms with Gasteiger partial charge in [-0.25, -0.2) is 4.79 Å². The van der Waals surface area contributed by atoms with Gasteiger partial charge in [0.05, 0.1) is 67.6 Å². The van der Waals surface area contributed by atoms with Crippen molar-refractivity contribution in [1.82, 2.24) is 9.80 Å². The molecule has 0 aromatic heterocycles. The Bertz CT molecular complexity index is 4780. The average molecular weight is 2020 g/mol. The Morgan fingerprint density at radius 2 is 1.00 bits per heavy atom. The first-order valence-corrected chi connectivity index (χ1v) is 51.5. The van der Waals surface area contributed by atoms with E-state index in [1.54, 1.807) is 105 Å². The van der Waals surface area contributed by atoms with E-state index in [4.69, 9.17) is 85.3 Å². The van der Waals surface area contributed by atoms with Gasteiger partial charge in [-0.15, -0.1) is 0 Å². The number of allylic oxidation sites excluding steroid dienone is 9. The molecule has 6 aliphatic heterocycles. The molecule has 34 heteroatoms. The molecule has 2 aromatic carbocycles. The number of nitrogens with zero attached hydrogens (tertiary/aromatic N) is 3. The highest BCUT2D eigenvalue weighted by Crippen LogP contribution is 2.61. The van der Waals surface area contributed by atoms with Gasteiger partial charge < -0.3 is 99.8 Å². The van der Waals surface area contributed by atoms with Crippen LogP contribution in [0, 0.1) is 99.6 Å². The van der Waals surface area contributed by atoms with Gasteiger partial charge in [-0.05, 0) is 260 Å². The molecule has 0 spiro atoms. The Kier molecular flexibility index (Phi) is 38.9. The van der Waals surface area contributed by atoms with Crippen LogP contribution in [0.1, 0.15) is 203 Å². The van der Waals surface area contributed by atoms with Gasteiger partial charge in [0.25, 0.3) is 6.10 Å². The summed E-state index contributed by atoms with van der Waals surface area (Å²) in [6.07, 6.45) is 3.50. The van der Waals surface area contributed by atoms with Crippen molar-refractivity contribution in [2.75, 3.05) is 70.8 Å². The Balaban J connectivity index is 0.000000183. The lowest BCUT2D eigenvalue weighted by atomic mass is 9.67. The van der Waals surface area contributed by atoms with Gasteiger partial charge in [-0.1, -0.05) is 114 Å². The van der Waals surface area contributed by atoms with Crippen LogP contribution in [0.15, 0.2) is 114 Å². The maximum atomic E-state index is 14.7. The molecule has 15 rings (SSSR count). The zero-order valence-electron chi connectivity index (χ0n) is 86.7. The highest BCUT2D eigenvalue weighted by Gasteiger charge is 2.64. The molecule has 28 nitrogen and oxygen atoms in total. The maximum absolute atomic E-state index is 14.7. The molecule has 9 fully saturated rings. The predicted octanol–water partition coefficient (Wildman–Crippen LogP) is 17.8. The number of carbonyl (C=O) groups excluding carboxylic acids is 6. The van der Waals surface area contributed by atoms with Gasteiger partial charge in [0.15, 0.2) is 36.7 Å². The summed E-state index contributed by atoms with van der Waals surface area (Å²) in [7, 11) is 18.3. The van der Waals surface area contributed by atoms with Crippen molar-refractivity contribution in [2.24, 2.45) is 88.3 Å².